The summed E-state index contributed by atoms with van der Waals surface area (Å²) in [6.07, 6.45) is 5.50. The lowest BCUT2D eigenvalue weighted by molar-refractivity contribution is -0.284. The summed E-state index contributed by atoms with van der Waals surface area (Å²) in [5.41, 5.74) is 2.11. The topological polar surface area (TPSA) is 59.0 Å². The number of hydrogen-bond acceptors (Lipinski definition) is 6. The number of halogens is 5. The van der Waals surface area contributed by atoms with Crippen molar-refractivity contribution in [1.82, 2.24) is 4.90 Å². The monoisotopic (exact) mass is 729 g/mol. The van der Waals surface area contributed by atoms with E-state index in [0.717, 1.165) is 108 Å². The van der Waals surface area contributed by atoms with E-state index in [2.05, 4.69) is 24.9 Å². The van der Waals surface area contributed by atoms with Gasteiger partial charge >= 0.3 is 12.1 Å². The average Bonchev–Trinajstić information content (AvgIpc) is 3.86. The van der Waals surface area contributed by atoms with Crippen LogP contribution in [0.5, 0.6) is 5.75 Å². The number of aliphatic hydroxyl groups is 1. The van der Waals surface area contributed by atoms with Crippen molar-refractivity contribution < 1.29 is 41.3 Å². The minimum atomic E-state index is -5.47. The number of nitrogens with zero attached hydrogens (tertiary/aromatic N) is 1. The minimum Gasteiger partial charge on any atom is -0.465 e. The number of alkyl halides is 5. The van der Waals surface area contributed by atoms with Crippen molar-refractivity contribution in [1.29, 1.82) is 0 Å². The van der Waals surface area contributed by atoms with Crippen molar-refractivity contribution in [3.8, 4) is 5.75 Å². The Bertz CT molecular complexity index is 1320. The summed E-state index contributed by atoms with van der Waals surface area (Å²) in [6, 6.07) is 6.14. The fourth-order valence-corrected chi connectivity index (χ4v) is 11.2. The predicted molar refractivity (Wildman–Crippen MR) is 186 cm³/mol. The second-order valence-electron chi connectivity index (χ2n) is 16.2. The van der Waals surface area contributed by atoms with Crippen LogP contribution in [-0.2, 0) is 4.74 Å². The Morgan fingerprint density at radius 2 is 1.76 bits per heavy atom. The van der Waals surface area contributed by atoms with Gasteiger partial charge < -0.3 is 19.5 Å². The number of ether oxygens (including phenoxy) is 2. The second kappa shape index (κ2) is 15.5. The summed E-state index contributed by atoms with van der Waals surface area (Å²) in [7, 11) is 2.06. The maximum Gasteiger partial charge on any atom is 0.453 e. The molecule has 50 heavy (non-hydrogen) atoms. The molecule has 3 saturated carbocycles. The number of aliphatic hydroxyl groups excluding tert-OH is 1. The number of hydrogen-bond donors (Lipinski definition) is 1. The smallest absolute Gasteiger partial charge is 0.453 e. The molecule has 0 aromatic heterocycles. The minimum absolute atomic E-state index is 0.0408. The van der Waals surface area contributed by atoms with Gasteiger partial charge in [0.05, 0.1) is 12.7 Å². The first-order valence-electron chi connectivity index (χ1n) is 19.1. The Morgan fingerprint density at radius 3 is 2.48 bits per heavy atom. The second-order valence-corrected chi connectivity index (χ2v) is 17.4. The average molecular weight is 730 g/mol. The number of unbranched alkanes of at least 4 members (excludes halogenated alkanes) is 2. The van der Waals surface area contributed by atoms with E-state index < -0.39 is 18.5 Å². The number of carbonyl (C=O) groups is 1. The van der Waals surface area contributed by atoms with Crippen molar-refractivity contribution in [2.75, 3.05) is 38.2 Å². The molecule has 1 saturated heterocycles. The standard InChI is InChI=1S/C39H56F5NO4S/c1-36-16-14-28-27-13-12-26(49-33-11-5-7-21-48-33)24-30(27)35(47)29(34(28)31(36)25-32(46)37(36)17-18-37)10-4-3-6-19-45(2)20-9-23-50-22-8-15-38(40,41)39(42,43)44/h12-13,24,28-29,31-34,46H,3-11,14-23,25H2,1-2H3/t28?,29-,31?,32+,33?,34?,36-/m0/s1. The van der Waals surface area contributed by atoms with E-state index in [0.29, 0.717) is 29.9 Å². The summed E-state index contributed by atoms with van der Waals surface area (Å²) < 4.78 is 75.1. The quantitative estimate of drug-likeness (QED) is 0.135. The summed E-state index contributed by atoms with van der Waals surface area (Å²) >= 11 is 1.43. The molecular formula is C39H56F5NO4S. The van der Waals surface area contributed by atoms with Gasteiger partial charge in [0, 0.05) is 29.7 Å². The van der Waals surface area contributed by atoms with E-state index in [1.807, 2.05) is 12.1 Å². The number of thioether (sulfide) groups is 1. The lowest BCUT2D eigenvalue weighted by Crippen LogP contribution is -2.48. The molecule has 4 aliphatic carbocycles. The molecule has 11 heteroatoms. The summed E-state index contributed by atoms with van der Waals surface area (Å²) in [6.45, 7) is 4.87. The molecule has 4 unspecified atom stereocenters. The first-order valence-corrected chi connectivity index (χ1v) is 20.3. The molecular weight excluding hydrogens is 673 g/mol. The zero-order valence-corrected chi connectivity index (χ0v) is 30.6. The lowest BCUT2D eigenvalue weighted by atomic mass is 9.50. The number of rotatable bonds is 16. The van der Waals surface area contributed by atoms with Gasteiger partial charge in [-0.15, -0.1) is 0 Å². The highest BCUT2D eigenvalue weighted by Gasteiger charge is 2.71. The van der Waals surface area contributed by atoms with Crippen LogP contribution in [-0.4, -0.2) is 78.5 Å². The molecule has 282 valence electrons. The molecule has 0 bridgehead atoms. The number of benzene rings is 1. The summed E-state index contributed by atoms with van der Waals surface area (Å²) in [5, 5.41) is 11.3. The van der Waals surface area contributed by atoms with Crippen LogP contribution in [0.3, 0.4) is 0 Å². The molecule has 1 aliphatic heterocycles. The van der Waals surface area contributed by atoms with E-state index in [1.54, 1.807) is 0 Å². The predicted octanol–water partition coefficient (Wildman–Crippen LogP) is 9.66. The zero-order valence-electron chi connectivity index (χ0n) is 29.8. The Balaban J connectivity index is 1.01. The van der Waals surface area contributed by atoms with E-state index in [1.165, 1.54) is 17.3 Å². The van der Waals surface area contributed by atoms with Crippen molar-refractivity contribution in [3.05, 3.63) is 29.3 Å². The molecule has 5 aliphatic rings. The van der Waals surface area contributed by atoms with Crippen molar-refractivity contribution in [3.63, 3.8) is 0 Å². The SMILES string of the molecule is CN(CCCCC[C@@H]1C(=O)c2cc(OC3CCCCO3)ccc2C2CC[C@@]3(C)C(C[C@@H](O)C34CC4)C21)CCCSCCCC(F)(F)C(F)(F)F. The molecule has 1 N–H and O–H groups in total. The molecule has 0 amide bonds. The molecule has 7 atom stereocenters. The normalized spacial score (nSPS) is 31.8. The molecule has 6 rings (SSSR count). The van der Waals surface area contributed by atoms with Gasteiger partial charge in [0.25, 0.3) is 0 Å². The van der Waals surface area contributed by atoms with Gasteiger partial charge in [0.15, 0.2) is 12.1 Å². The third kappa shape index (κ3) is 7.77. The van der Waals surface area contributed by atoms with Crippen LogP contribution in [0, 0.1) is 28.6 Å². The highest BCUT2D eigenvalue weighted by Crippen LogP contribution is 2.76. The third-order valence-electron chi connectivity index (χ3n) is 13.2. The summed E-state index contributed by atoms with van der Waals surface area (Å²) in [4.78, 5) is 16.7. The molecule has 5 nitrogen and oxygen atoms in total. The van der Waals surface area contributed by atoms with Crippen LogP contribution in [0.2, 0.25) is 0 Å². The van der Waals surface area contributed by atoms with Gasteiger partial charge in [-0.1, -0.05) is 25.8 Å². The molecule has 1 aromatic rings. The first-order chi connectivity index (χ1) is 23.8. The first kappa shape index (κ1) is 38.3. The number of ketones is 1. The van der Waals surface area contributed by atoms with Gasteiger partial charge in [-0.05, 0) is 143 Å². The Kier molecular flexibility index (Phi) is 11.9. The van der Waals surface area contributed by atoms with E-state index in [9.17, 15) is 31.9 Å². The van der Waals surface area contributed by atoms with E-state index in [-0.39, 0.29) is 47.3 Å². The molecule has 1 aromatic carbocycles. The van der Waals surface area contributed by atoms with Crippen LogP contribution < -0.4 is 4.74 Å². The Morgan fingerprint density at radius 1 is 1.00 bits per heavy atom. The van der Waals surface area contributed by atoms with Crippen molar-refractivity contribution in [2.24, 2.45) is 28.6 Å². The number of Topliss-reactive ketones (excluding diaryl/α,β-unsaturated/α-hetero) is 1. The van der Waals surface area contributed by atoms with Gasteiger partial charge in [-0.2, -0.15) is 33.7 Å². The van der Waals surface area contributed by atoms with Crippen LogP contribution in [0.25, 0.3) is 0 Å². The van der Waals surface area contributed by atoms with Crippen molar-refractivity contribution >= 4 is 17.5 Å². The molecule has 1 heterocycles. The molecule has 4 fully saturated rings. The van der Waals surface area contributed by atoms with Crippen LogP contribution >= 0.6 is 11.8 Å². The lowest BCUT2D eigenvalue weighted by Gasteiger charge is -2.53. The number of carbonyl (C=O) groups excluding carboxylic acids is 1. The fourth-order valence-electron chi connectivity index (χ4n) is 10.3. The largest absolute Gasteiger partial charge is 0.465 e. The Labute approximate surface area is 298 Å². The van der Waals surface area contributed by atoms with Gasteiger partial charge in [0.2, 0.25) is 0 Å². The maximum atomic E-state index is 14.5. The highest BCUT2D eigenvalue weighted by molar-refractivity contribution is 7.99. The van der Waals surface area contributed by atoms with Gasteiger partial charge in [0.1, 0.15) is 5.75 Å². The molecule has 0 radical (unpaired) electrons. The zero-order chi connectivity index (χ0) is 35.7. The fraction of sp³-hybridized carbons (Fsp3) is 0.821. The Hall–Kier alpha value is -1.43. The van der Waals surface area contributed by atoms with Crippen LogP contribution in [0.15, 0.2) is 18.2 Å². The third-order valence-corrected chi connectivity index (χ3v) is 14.4. The van der Waals surface area contributed by atoms with E-state index in [4.69, 9.17) is 9.47 Å². The van der Waals surface area contributed by atoms with Crippen molar-refractivity contribution in [2.45, 2.75) is 134 Å². The number of fused-ring (bicyclic) bond motifs is 6. The van der Waals surface area contributed by atoms with Gasteiger partial charge in [-0.3, -0.25) is 4.79 Å². The highest BCUT2D eigenvalue weighted by atomic mass is 32.2. The maximum absolute atomic E-state index is 14.5. The molecule has 1 spiro atoms. The van der Waals surface area contributed by atoms with E-state index >= 15 is 0 Å². The van der Waals surface area contributed by atoms with Crippen LogP contribution in [0.1, 0.15) is 125 Å². The van der Waals surface area contributed by atoms with Crippen LogP contribution in [0.4, 0.5) is 22.0 Å². The summed E-state index contributed by atoms with van der Waals surface area (Å²) in [5.74, 6) is -1.79. The van der Waals surface area contributed by atoms with Gasteiger partial charge in [-0.25, -0.2) is 0 Å².